The van der Waals surface area contributed by atoms with E-state index in [0.29, 0.717) is 18.6 Å². The molecule has 0 saturated carbocycles. The molecule has 0 aliphatic carbocycles. The highest BCUT2D eigenvalue weighted by Gasteiger charge is 2.14. The van der Waals surface area contributed by atoms with Crippen molar-refractivity contribution in [3.05, 3.63) is 11.6 Å². The van der Waals surface area contributed by atoms with Gasteiger partial charge in [0.1, 0.15) is 13.2 Å². The van der Waals surface area contributed by atoms with Gasteiger partial charge in [-0.15, -0.1) is 0 Å². The molecule has 0 spiro atoms. The fraction of sp³-hybridized carbons (Fsp3) is 0.733. The van der Waals surface area contributed by atoms with Crippen molar-refractivity contribution < 1.29 is 19.1 Å². The molecule has 122 valence electrons. The Morgan fingerprint density at radius 3 is 2.14 bits per heavy atom. The van der Waals surface area contributed by atoms with Crippen molar-refractivity contribution >= 4 is 11.9 Å². The van der Waals surface area contributed by atoms with Crippen LogP contribution in [0.15, 0.2) is 11.6 Å². The van der Waals surface area contributed by atoms with Crippen LogP contribution in [0.25, 0.3) is 0 Å². The van der Waals surface area contributed by atoms with Gasteiger partial charge in [0.05, 0.1) is 0 Å². The Morgan fingerprint density at radius 1 is 1.10 bits per heavy atom. The third-order valence-corrected chi connectivity index (χ3v) is 2.93. The van der Waals surface area contributed by atoms with Crippen LogP contribution in [0.2, 0.25) is 0 Å². The van der Waals surface area contributed by atoms with E-state index in [2.05, 4.69) is 32.6 Å². The summed E-state index contributed by atoms with van der Waals surface area (Å²) in [5, 5.41) is 0. The highest BCUT2D eigenvalue weighted by Crippen LogP contribution is 2.04. The summed E-state index contributed by atoms with van der Waals surface area (Å²) in [6.45, 7) is 11.2. The third kappa shape index (κ3) is 8.47. The monoisotopic (exact) mass is 300 g/mol. The van der Waals surface area contributed by atoms with Crippen LogP contribution in [0.1, 0.15) is 34.6 Å². The molecule has 0 atom stereocenters. The lowest BCUT2D eigenvalue weighted by Crippen LogP contribution is -2.39. The number of hydrogen-bond acceptors (Lipinski definition) is 6. The minimum atomic E-state index is -0.552. The lowest BCUT2D eigenvalue weighted by Gasteiger charge is -2.29. The Hall–Kier alpha value is -1.40. The van der Waals surface area contributed by atoms with E-state index < -0.39 is 11.9 Å². The largest absolute Gasteiger partial charge is 0.461 e. The Kier molecular flexibility index (Phi) is 9.65. The number of carbonyl (C=O) groups is 2. The molecule has 0 fully saturated rings. The first-order valence-corrected chi connectivity index (χ1v) is 7.27. The number of esters is 2. The molecule has 0 radical (unpaired) electrons. The van der Waals surface area contributed by atoms with Crippen molar-refractivity contribution in [3.8, 4) is 0 Å². The summed E-state index contributed by atoms with van der Waals surface area (Å²) in [6, 6.07) is 0.763. The van der Waals surface area contributed by atoms with E-state index in [-0.39, 0.29) is 25.3 Å². The maximum atomic E-state index is 11.6. The first-order valence-electron chi connectivity index (χ1n) is 7.27. The molecule has 0 unspecified atom stereocenters. The second-order valence-electron chi connectivity index (χ2n) is 5.34. The molecule has 0 rings (SSSR count). The fourth-order valence-electron chi connectivity index (χ4n) is 1.91. The van der Waals surface area contributed by atoms with Gasteiger partial charge in [-0.1, -0.05) is 0 Å². The molecule has 0 aromatic carbocycles. The zero-order valence-corrected chi connectivity index (χ0v) is 13.7. The summed E-state index contributed by atoms with van der Waals surface area (Å²) < 4.78 is 9.92. The van der Waals surface area contributed by atoms with Gasteiger partial charge < -0.3 is 15.2 Å². The topological polar surface area (TPSA) is 81.9 Å². The van der Waals surface area contributed by atoms with Gasteiger partial charge in [-0.05, 0) is 34.6 Å². The van der Waals surface area contributed by atoms with Crippen molar-refractivity contribution in [2.75, 3.05) is 26.3 Å². The van der Waals surface area contributed by atoms with Crippen LogP contribution in [-0.2, 0) is 19.1 Å². The Morgan fingerprint density at radius 2 is 1.67 bits per heavy atom. The van der Waals surface area contributed by atoms with Gasteiger partial charge in [-0.25, -0.2) is 9.59 Å². The van der Waals surface area contributed by atoms with Crippen molar-refractivity contribution in [2.24, 2.45) is 5.73 Å². The van der Waals surface area contributed by atoms with Gasteiger partial charge in [0, 0.05) is 36.8 Å². The van der Waals surface area contributed by atoms with Crippen molar-refractivity contribution in [3.63, 3.8) is 0 Å². The number of rotatable bonds is 9. The summed E-state index contributed by atoms with van der Waals surface area (Å²) in [5.41, 5.74) is 5.43. The number of carbonyl (C=O) groups excluding carboxylic acids is 2. The van der Waals surface area contributed by atoms with Crippen LogP contribution >= 0.6 is 0 Å². The predicted molar refractivity (Wildman–Crippen MR) is 81.7 cm³/mol. The van der Waals surface area contributed by atoms with Gasteiger partial charge in [-0.3, -0.25) is 4.90 Å². The van der Waals surface area contributed by atoms with Gasteiger partial charge in [-0.2, -0.15) is 0 Å². The Balaban J connectivity index is 4.23. The number of hydrogen-bond donors (Lipinski definition) is 1. The minimum absolute atomic E-state index is 0.136. The molecule has 6 heteroatoms. The standard InChI is InChI=1S/C15H28N2O4/c1-11(2)17(12(3)4)7-9-20-14(18)10-13(5)15(19)21-8-6-16/h10-12H,6-9,16H2,1-5H3. The molecule has 0 aromatic heterocycles. The van der Waals surface area contributed by atoms with E-state index >= 15 is 0 Å². The molecule has 0 aliphatic heterocycles. The number of ether oxygens (including phenoxy) is 2. The van der Waals surface area contributed by atoms with E-state index in [0.717, 1.165) is 6.08 Å². The van der Waals surface area contributed by atoms with E-state index in [1.165, 1.54) is 6.92 Å². The fourth-order valence-corrected chi connectivity index (χ4v) is 1.91. The average Bonchev–Trinajstić information content (AvgIpc) is 2.39. The lowest BCUT2D eigenvalue weighted by atomic mass is 10.2. The molecule has 0 aromatic rings. The minimum Gasteiger partial charge on any atom is -0.461 e. The quantitative estimate of drug-likeness (QED) is 0.507. The molecule has 0 saturated heterocycles. The molecule has 0 heterocycles. The third-order valence-electron chi connectivity index (χ3n) is 2.93. The summed E-state index contributed by atoms with van der Waals surface area (Å²) >= 11 is 0. The van der Waals surface area contributed by atoms with Crippen molar-refractivity contribution in [1.82, 2.24) is 4.90 Å². The van der Waals surface area contributed by atoms with E-state index in [1.54, 1.807) is 0 Å². The van der Waals surface area contributed by atoms with Gasteiger partial charge in [0.15, 0.2) is 0 Å². The zero-order valence-electron chi connectivity index (χ0n) is 13.7. The average molecular weight is 300 g/mol. The van der Waals surface area contributed by atoms with Crippen LogP contribution in [0, 0.1) is 0 Å². The molecule has 6 nitrogen and oxygen atoms in total. The Bertz CT molecular complexity index is 357. The summed E-state index contributed by atoms with van der Waals surface area (Å²) in [6.07, 6.45) is 1.15. The molecule has 0 bridgehead atoms. The summed E-state index contributed by atoms with van der Waals surface area (Å²) in [5.74, 6) is -1.09. The zero-order chi connectivity index (χ0) is 16.4. The molecule has 0 amide bonds. The first-order chi connectivity index (χ1) is 9.79. The molecule has 21 heavy (non-hydrogen) atoms. The van der Waals surface area contributed by atoms with Crippen LogP contribution in [0.3, 0.4) is 0 Å². The van der Waals surface area contributed by atoms with Crippen LogP contribution in [0.4, 0.5) is 0 Å². The molecule has 0 aliphatic rings. The van der Waals surface area contributed by atoms with Crippen LogP contribution in [-0.4, -0.2) is 55.2 Å². The van der Waals surface area contributed by atoms with Crippen molar-refractivity contribution in [1.29, 1.82) is 0 Å². The molecule has 2 N–H and O–H groups in total. The second-order valence-corrected chi connectivity index (χ2v) is 5.34. The van der Waals surface area contributed by atoms with E-state index in [4.69, 9.17) is 15.2 Å². The highest BCUT2D eigenvalue weighted by atomic mass is 16.5. The molecular formula is C15H28N2O4. The number of nitrogens with two attached hydrogens (primary N) is 1. The maximum Gasteiger partial charge on any atom is 0.334 e. The normalized spacial score (nSPS) is 12.1. The van der Waals surface area contributed by atoms with Gasteiger partial charge in [0.25, 0.3) is 0 Å². The second kappa shape index (κ2) is 10.3. The van der Waals surface area contributed by atoms with Gasteiger partial charge in [0.2, 0.25) is 0 Å². The van der Waals surface area contributed by atoms with Crippen LogP contribution in [0.5, 0.6) is 0 Å². The van der Waals surface area contributed by atoms with Crippen molar-refractivity contribution in [2.45, 2.75) is 46.7 Å². The highest BCUT2D eigenvalue weighted by molar-refractivity contribution is 5.95. The number of nitrogens with zero attached hydrogens (tertiary/aromatic N) is 1. The first kappa shape index (κ1) is 19.6. The summed E-state index contributed by atoms with van der Waals surface area (Å²) in [4.78, 5) is 25.3. The van der Waals surface area contributed by atoms with Gasteiger partial charge >= 0.3 is 11.9 Å². The summed E-state index contributed by atoms with van der Waals surface area (Å²) in [7, 11) is 0. The predicted octanol–water partition coefficient (Wildman–Crippen LogP) is 1.10. The molecular weight excluding hydrogens is 272 g/mol. The van der Waals surface area contributed by atoms with Crippen LogP contribution < -0.4 is 5.73 Å². The SMILES string of the molecule is CC(=CC(=O)OCCN(C(C)C)C(C)C)C(=O)OCCN. The van der Waals surface area contributed by atoms with E-state index in [1.807, 2.05) is 0 Å². The Labute approximate surface area is 127 Å². The smallest absolute Gasteiger partial charge is 0.334 e. The lowest BCUT2D eigenvalue weighted by molar-refractivity contribution is -0.141. The maximum absolute atomic E-state index is 11.6. The van der Waals surface area contributed by atoms with E-state index in [9.17, 15) is 9.59 Å².